The molecule has 7 nitrogen and oxygen atoms in total. The maximum absolute atomic E-state index is 13.2. The number of ether oxygens (including phenoxy) is 1. The van der Waals surface area contributed by atoms with Crippen molar-refractivity contribution in [3.8, 4) is 5.75 Å². The van der Waals surface area contributed by atoms with E-state index >= 15 is 0 Å². The zero-order valence-electron chi connectivity index (χ0n) is 19.7. The van der Waals surface area contributed by atoms with E-state index in [1.807, 2.05) is 13.8 Å². The maximum Gasteiger partial charge on any atom is 0.303 e. The smallest absolute Gasteiger partial charge is 0.303 e. The first kappa shape index (κ1) is 23.8. The third kappa shape index (κ3) is 7.67. The van der Waals surface area contributed by atoms with Crippen LogP contribution in [0.5, 0.6) is 5.75 Å². The van der Waals surface area contributed by atoms with Gasteiger partial charge in [0, 0.05) is 36.4 Å². The van der Waals surface area contributed by atoms with Gasteiger partial charge in [0.2, 0.25) is 0 Å². The molecule has 0 heterocycles. The Bertz CT molecular complexity index is 1050. The van der Waals surface area contributed by atoms with Gasteiger partial charge in [-0.05, 0) is 63.4 Å². The van der Waals surface area contributed by atoms with Crippen molar-refractivity contribution in [3.05, 3.63) is 59.7 Å². The third-order valence-electron chi connectivity index (χ3n) is 4.81. The molecule has 1 unspecified atom stereocenters. The second kappa shape index (κ2) is 11.7. The summed E-state index contributed by atoms with van der Waals surface area (Å²) in [7, 11) is -3.37. The van der Waals surface area contributed by atoms with E-state index in [1.165, 1.54) is 29.2 Å². The number of amides is 1. The summed E-state index contributed by atoms with van der Waals surface area (Å²) in [5.74, 6) is -0.696. The van der Waals surface area contributed by atoms with Gasteiger partial charge in [-0.15, -0.1) is 0 Å². The standard InChI is InChI=1S/C24H31NO6S/c1-18(2)25(24(28)19-12-14-21(15-13-19)32(3,29)30)17-20-9-6-7-10-22(20)31-16-8-4-5-11-23(26)27/h6-7,9-10,12-15,18H,4-5,8,11,16-17H2,1-3H3,(H,26,27)/i17D. The van der Waals surface area contributed by atoms with Crippen LogP contribution in [-0.4, -0.2) is 49.2 Å². The minimum absolute atomic E-state index is 0.125. The first-order valence-corrected chi connectivity index (χ1v) is 12.4. The van der Waals surface area contributed by atoms with E-state index in [1.54, 1.807) is 24.3 Å². The van der Waals surface area contributed by atoms with Crippen LogP contribution >= 0.6 is 0 Å². The quantitative estimate of drug-likeness (QED) is 0.475. The number of unbranched alkanes of at least 4 members (excludes halogenated alkanes) is 2. The van der Waals surface area contributed by atoms with Crippen LogP contribution < -0.4 is 4.74 Å². The highest BCUT2D eigenvalue weighted by Gasteiger charge is 2.21. The number of rotatable bonds is 12. The fraction of sp³-hybridized carbons (Fsp3) is 0.417. The predicted octanol–water partition coefficient (Wildman–Crippen LogP) is 4.16. The minimum Gasteiger partial charge on any atom is -0.493 e. The lowest BCUT2D eigenvalue weighted by molar-refractivity contribution is -0.137. The van der Waals surface area contributed by atoms with Gasteiger partial charge in [-0.2, -0.15) is 0 Å². The van der Waals surface area contributed by atoms with Crippen molar-refractivity contribution in [1.82, 2.24) is 4.90 Å². The molecule has 0 fully saturated rings. The molecule has 0 saturated carbocycles. The van der Waals surface area contributed by atoms with Crippen LogP contribution in [0.2, 0.25) is 0 Å². The van der Waals surface area contributed by atoms with Crippen molar-refractivity contribution in [3.63, 3.8) is 0 Å². The molecule has 2 rings (SSSR count). The molecule has 174 valence electrons. The van der Waals surface area contributed by atoms with E-state index in [2.05, 4.69) is 0 Å². The van der Waals surface area contributed by atoms with Crippen LogP contribution in [0.4, 0.5) is 0 Å². The van der Waals surface area contributed by atoms with Crippen molar-refractivity contribution in [1.29, 1.82) is 0 Å². The second-order valence-electron chi connectivity index (χ2n) is 7.82. The van der Waals surface area contributed by atoms with E-state index < -0.39 is 22.3 Å². The number of carbonyl (C=O) groups excluding carboxylic acids is 1. The monoisotopic (exact) mass is 462 g/mol. The molecule has 0 spiro atoms. The fourth-order valence-electron chi connectivity index (χ4n) is 3.04. The number of carboxylic acid groups (broad SMARTS) is 1. The van der Waals surface area contributed by atoms with Crippen molar-refractivity contribution in [2.24, 2.45) is 0 Å². The molecule has 0 aliphatic carbocycles. The highest BCUT2D eigenvalue weighted by atomic mass is 32.2. The summed E-state index contributed by atoms with van der Waals surface area (Å²) in [6, 6.07) is 12.5. The van der Waals surface area contributed by atoms with E-state index in [-0.39, 0.29) is 23.3 Å². The summed E-state index contributed by atoms with van der Waals surface area (Å²) in [6.07, 6.45) is 3.22. The molecule has 2 aromatic rings. The summed E-state index contributed by atoms with van der Waals surface area (Å²) in [4.78, 5) is 25.4. The summed E-state index contributed by atoms with van der Waals surface area (Å²) in [5.41, 5.74) is 0.836. The highest BCUT2D eigenvalue weighted by Crippen LogP contribution is 2.23. The summed E-state index contributed by atoms with van der Waals surface area (Å²) in [5, 5.41) is 8.71. The number of carbonyl (C=O) groups is 2. The predicted molar refractivity (Wildman–Crippen MR) is 123 cm³/mol. The molecule has 1 atom stereocenters. The topological polar surface area (TPSA) is 101 Å². The lowest BCUT2D eigenvalue weighted by Gasteiger charge is -2.28. The van der Waals surface area contributed by atoms with Crippen molar-refractivity contribution in [2.75, 3.05) is 12.9 Å². The Balaban J connectivity index is 2.16. The molecule has 0 saturated heterocycles. The number of sulfone groups is 1. The number of hydrogen-bond acceptors (Lipinski definition) is 5. The number of hydrogen-bond donors (Lipinski definition) is 1. The molecule has 1 N–H and O–H groups in total. The Morgan fingerprint density at radius 2 is 1.72 bits per heavy atom. The Hall–Kier alpha value is -2.87. The minimum atomic E-state index is -3.37. The SMILES string of the molecule is [2H]C(c1ccccc1OCCCCCC(=O)O)N(C(=O)c1ccc(S(C)(=O)=O)cc1)C(C)C. The van der Waals surface area contributed by atoms with Gasteiger partial charge in [0.1, 0.15) is 5.75 Å². The molecule has 32 heavy (non-hydrogen) atoms. The first-order chi connectivity index (χ1) is 15.5. The van der Waals surface area contributed by atoms with Gasteiger partial charge >= 0.3 is 5.97 Å². The highest BCUT2D eigenvalue weighted by molar-refractivity contribution is 7.90. The van der Waals surface area contributed by atoms with Crippen LogP contribution in [0.25, 0.3) is 0 Å². The van der Waals surface area contributed by atoms with E-state index in [0.29, 0.717) is 36.3 Å². The fourth-order valence-corrected chi connectivity index (χ4v) is 3.67. The molecular formula is C24H31NO6S. The average molecular weight is 463 g/mol. The molecule has 0 aliphatic heterocycles. The number of nitrogens with zero attached hydrogens (tertiary/aromatic N) is 1. The van der Waals surface area contributed by atoms with Crippen LogP contribution in [0.1, 0.15) is 56.8 Å². The molecular weight excluding hydrogens is 430 g/mol. The average Bonchev–Trinajstić information content (AvgIpc) is 2.75. The Kier molecular flexibility index (Phi) is 8.67. The number of aliphatic carboxylic acids is 1. The van der Waals surface area contributed by atoms with Crippen LogP contribution in [-0.2, 0) is 21.2 Å². The zero-order valence-corrected chi connectivity index (χ0v) is 19.5. The molecule has 0 aliphatic rings. The van der Waals surface area contributed by atoms with Gasteiger partial charge in [-0.25, -0.2) is 8.42 Å². The second-order valence-corrected chi connectivity index (χ2v) is 9.84. The zero-order chi connectivity index (χ0) is 24.6. The number of carboxylic acids is 1. The van der Waals surface area contributed by atoms with Crippen molar-refractivity contribution in [2.45, 2.75) is 57.0 Å². The van der Waals surface area contributed by atoms with Crippen LogP contribution in [0.15, 0.2) is 53.4 Å². The Morgan fingerprint density at radius 3 is 2.31 bits per heavy atom. The molecule has 0 radical (unpaired) electrons. The van der Waals surface area contributed by atoms with Gasteiger partial charge in [0.05, 0.1) is 12.9 Å². The van der Waals surface area contributed by atoms with Gasteiger partial charge in [-0.3, -0.25) is 9.59 Å². The van der Waals surface area contributed by atoms with E-state index in [0.717, 1.165) is 12.7 Å². The molecule has 0 aromatic heterocycles. The first-order valence-electron chi connectivity index (χ1n) is 11.1. The van der Waals surface area contributed by atoms with Gasteiger partial charge < -0.3 is 14.7 Å². The molecule has 1 amide bonds. The van der Waals surface area contributed by atoms with E-state index in [9.17, 15) is 18.0 Å². The van der Waals surface area contributed by atoms with Crippen molar-refractivity contribution < 1.29 is 29.2 Å². The van der Waals surface area contributed by atoms with Gasteiger partial charge in [-0.1, -0.05) is 18.2 Å². The van der Waals surface area contributed by atoms with Crippen LogP contribution in [0.3, 0.4) is 0 Å². The van der Waals surface area contributed by atoms with Gasteiger partial charge in [0.15, 0.2) is 9.84 Å². The van der Waals surface area contributed by atoms with E-state index in [4.69, 9.17) is 11.2 Å². The molecule has 0 bridgehead atoms. The van der Waals surface area contributed by atoms with Gasteiger partial charge in [0.25, 0.3) is 5.91 Å². The normalized spacial score (nSPS) is 12.8. The lowest BCUT2D eigenvalue weighted by atomic mass is 10.1. The largest absolute Gasteiger partial charge is 0.493 e. The van der Waals surface area contributed by atoms with Crippen LogP contribution in [0, 0.1) is 0 Å². The molecule has 8 heteroatoms. The number of para-hydroxylation sites is 1. The Labute approximate surface area is 191 Å². The van der Waals surface area contributed by atoms with Crippen molar-refractivity contribution >= 4 is 21.7 Å². The summed E-state index contributed by atoms with van der Waals surface area (Å²) >= 11 is 0. The summed E-state index contributed by atoms with van der Waals surface area (Å²) in [6.45, 7) is 2.98. The maximum atomic E-state index is 13.2. The number of benzene rings is 2. The lowest BCUT2D eigenvalue weighted by Crippen LogP contribution is -2.36. The Morgan fingerprint density at radius 1 is 1.06 bits per heavy atom. The third-order valence-corrected chi connectivity index (χ3v) is 5.94. The molecule has 2 aromatic carbocycles. The summed E-state index contributed by atoms with van der Waals surface area (Å²) < 4.78 is 38.1.